The van der Waals surface area contributed by atoms with E-state index in [1.54, 1.807) is 0 Å². The number of para-hydroxylation sites is 4. The third kappa shape index (κ3) is 3.82. The lowest BCUT2D eigenvalue weighted by molar-refractivity contribution is 0.633. The standard InChI is InChI=1S/C45H31NO2/c1-45(2)38-25-28(36-27-37-34-17-9-11-19-40(34)47-43(37)44-42(36)35-18-10-12-20-41(35)48-44)21-23-32(38)33-24-22-31(26-39(33)45)46(29-13-5-3-6-14-29)30-15-7-4-8-16-30/h3-27H,1-2H3. The zero-order valence-electron chi connectivity index (χ0n) is 26.7. The topological polar surface area (TPSA) is 29.5 Å². The highest BCUT2D eigenvalue weighted by molar-refractivity contribution is 6.24. The van der Waals surface area contributed by atoms with Crippen LogP contribution in [0.1, 0.15) is 25.0 Å². The molecule has 9 aromatic rings. The average molecular weight is 618 g/mol. The summed E-state index contributed by atoms with van der Waals surface area (Å²) in [5, 5.41) is 4.36. The van der Waals surface area contributed by atoms with Gasteiger partial charge in [0.1, 0.15) is 11.2 Å². The zero-order valence-corrected chi connectivity index (χ0v) is 26.7. The highest BCUT2D eigenvalue weighted by Crippen LogP contribution is 2.52. The second-order valence-corrected chi connectivity index (χ2v) is 13.3. The monoisotopic (exact) mass is 617 g/mol. The second kappa shape index (κ2) is 9.97. The number of nitrogens with zero attached hydrogens (tertiary/aromatic N) is 1. The zero-order chi connectivity index (χ0) is 32.0. The minimum atomic E-state index is -0.209. The molecule has 1 aliphatic carbocycles. The van der Waals surface area contributed by atoms with Crippen LogP contribution in [0.5, 0.6) is 0 Å². The maximum Gasteiger partial charge on any atom is 0.179 e. The van der Waals surface area contributed by atoms with E-state index in [1.165, 1.54) is 27.8 Å². The summed E-state index contributed by atoms with van der Waals surface area (Å²) >= 11 is 0. The van der Waals surface area contributed by atoms with E-state index in [9.17, 15) is 0 Å². The van der Waals surface area contributed by atoms with Gasteiger partial charge in [-0.3, -0.25) is 0 Å². The predicted molar refractivity (Wildman–Crippen MR) is 199 cm³/mol. The van der Waals surface area contributed by atoms with Gasteiger partial charge in [-0.15, -0.1) is 0 Å². The Balaban J connectivity index is 1.16. The van der Waals surface area contributed by atoms with Gasteiger partial charge in [0.05, 0.1) is 0 Å². The van der Waals surface area contributed by atoms with Crippen LogP contribution >= 0.6 is 0 Å². The molecule has 0 bridgehead atoms. The van der Waals surface area contributed by atoms with Gasteiger partial charge in [-0.05, 0) is 94.0 Å². The summed E-state index contributed by atoms with van der Waals surface area (Å²) in [5.41, 5.74) is 14.1. The molecule has 228 valence electrons. The third-order valence-electron chi connectivity index (χ3n) is 10.3. The Kier molecular flexibility index (Phi) is 5.63. The molecule has 0 atom stereocenters. The van der Waals surface area contributed by atoms with Crippen molar-refractivity contribution in [2.45, 2.75) is 19.3 Å². The summed E-state index contributed by atoms with van der Waals surface area (Å²) in [4.78, 5) is 2.34. The molecular formula is C45H31NO2. The van der Waals surface area contributed by atoms with Crippen molar-refractivity contribution in [2.75, 3.05) is 4.90 Å². The summed E-state index contributed by atoms with van der Waals surface area (Å²) in [6.07, 6.45) is 0. The molecule has 0 radical (unpaired) electrons. The molecule has 2 heterocycles. The van der Waals surface area contributed by atoms with Crippen molar-refractivity contribution in [3.8, 4) is 22.3 Å². The molecule has 0 spiro atoms. The fraction of sp³-hybridized carbons (Fsp3) is 0.0667. The predicted octanol–water partition coefficient (Wildman–Crippen LogP) is 12.9. The largest absolute Gasteiger partial charge is 0.452 e. The Labute approximate surface area is 278 Å². The molecule has 0 N–H and O–H groups in total. The Morgan fingerprint density at radius 1 is 0.438 bits per heavy atom. The molecule has 2 aromatic heterocycles. The van der Waals surface area contributed by atoms with Crippen LogP contribution in [0.15, 0.2) is 160 Å². The molecule has 0 amide bonds. The Hall–Kier alpha value is -6.06. The third-order valence-corrected chi connectivity index (χ3v) is 10.3. The lowest BCUT2D eigenvalue weighted by Gasteiger charge is -2.28. The molecule has 1 aliphatic rings. The first-order valence-electron chi connectivity index (χ1n) is 16.5. The number of benzene rings is 7. The fourth-order valence-electron chi connectivity index (χ4n) is 7.93. The van der Waals surface area contributed by atoms with Crippen molar-refractivity contribution >= 4 is 60.9 Å². The van der Waals surface area contributed by atoms with Gasteiger partial charge >= 0.3 is 0 Å². The van der Waals surface area contributed by atoms with Gasteiger partial charge in [0.15, 0.2) is 11.2 Å². The van der Waals surface area contributed by atoms with E-state index in [-0.39, 0.29) is 5.41 Å². The van der Waals surface area contributed by atoms with Crippen LogP contribution in [0.25, 0.3) is 66.1 Å². The van der Waals surface area contributed by atoms with Crippen molar-refractivity contribution in [3.63, 3.8) is 0 Å². The van der Waals surface area contributed by atoms with Gasteiger partial charge < -0.3 is 13.7 Å². The van der Waals surface area contributed by atoms with Gasteiger partial charge in [0.2, 0.25) is 0 Å². The van der Waals surface area contributed by atoms with E-state index < -0.39 is 0 Å². The number of furan rings is 2. The van der Waals surface area contributed by atoms with Crippen LogP contribution < -0.4 is 4.90 Å². The molecule has 3 heteroatoms. The summed E-state index contributed by atoms with van der Waals surface area (Å²) in [5.74, 6) is 0. The van der Waals surface area contributed by atoms with Crippen LogP contribution in [0, 0.1) is 0 Å². The van der Waals surface area contributed by atoms with E-state index in [2.05, 4.69) is 146 Å². The molecule has 10 rings (SSSR count). The van der Waals surface area contributed by atoms with Crippen molar-refractivity contribution in [1.82, 2.24) is 0 Å². The van der Waals surface area contributed by atoms with E-state index >= 15 is 0 Å². The Bertz CT molecular complexity index is 2660. The van der Waals surface area contributed by atoms with Crippen molar-refractivity contribution in [2.24, 2.45) is 0 Å². The molecular weight excluding hydrogens is 587 g/mol. The number of hydrogen-bond donors (Lipinski definition) is 0. The highest BCUT2D eigenvalue weighted by Gasteiger charge is 2.36. The Morgan fingerprint density at radius 3 is 1.71 bits per heavy atom. The Morgan fingerprint density at radius 2 is 1.00 bits per heavy atom. The van der Waals surface area contributed by atoms with Gasteiger partial charge in [-0.1, -0.05) is 105 Å². The van der Waals surface area contributed by atoms with Crippen LogP contribution in [0.4, 0.5) is 17.1 Å². The minimum Gasteiger partial charge on any atom is -0.452 e. The van der Waals surface area contributed by atoms with Gasteiger partial charge in [0, 0.05) is 44.0 Å². The molecule has 7 aromatic carbocycles. The maximum absolute atomic E-state index is 6.55. The first kappa shape index (κ1) is 27.1. The first-order chi connectivity index (χ1) is 23.6. The van der Waals surface area contributed by atoms with Crippen molar-refractivity contribution < 1.29 is 8.83 Å². The lowest BCUT2D eigenvalue weighted by atomic mass is 9.81. The van der Waals surface area contributed by atoms with E-state index in [0.717, 1.165) is 66.5 Å². The summed E-state index contributed by atoms with van der Waals surface area (Å²) in [7, 11) is 0. The number of hydrogen-bond acceptors (Lipinski definition) is 3. The van der Waals surface area contributed by atoms with Crippen LogP contribution in [0.3, 0.4) is 0 Å². The van der Waals surface area contributed by atoms with Gasteiger partial charge in [-0.2, -0.15) is 0 Å². The molecule has 0 aliphatic heterocycles. The molecule has 0 fully saturated rings. The molecule has 0 saturated carbocycles. The SMILES string of the molecule is CC1(C)c2cc(-c3cc4c5ccccc5oc4c4oc5ccccc5c34)ccc2-c2ccc(N(c3ccccc3)c3ccccc3)cc21. The van der Waals surface area contributed by atoms with E-state index in [4.69, 9.17) is 8.83 Å². The number of fused-ring (bicyclic) bond motifs is 10. The molecule has 0 saturated heterocycles. The molecule has 3 nitrogen and oxygen atoms in total. The highest BCUT2D eigenvalue weighted by atomic mass is 16.4. The summed E-state index contributed by atoms with van der Waals surface area (Å²) < 4.78 is 13.0. The maximum atomic E-state index is 6.55. The van der Waals surface area contributed by atoms with E-state index in [0.29, 0.717) is 0 Å². The van der Waals surface area contributed by atoms with Gasteiger partial charge in [0.25, 0.3) is 0 Å². The lowest BCUT2D eigenvalue weighted by Crippen LogP contribution is -2.16. The summed E-state index contributed by atoms with van der Waals surface area (Å²) in [6.45, 7) is 4.71. The average Bonchev–Trinajstić information content (AvgIpc) is 3.77. The quantitative estimate of drug-likeness (QED) is 0.197. The number of anilines is 3. The van der Waals surface area contributed by atoms with E-state index in [1.807, 2.05) is 24.3 Å². The minimum absolute atomic E-state index is 0.209. The molecule has 0 unspecified atom stereocenters. The number of rotatable bonds is 4. The smallest absolute Gasteiger partial charge is 0.179 e. The second-order valence-electron chi connectivity index (χ2n) is 13.3. The van der Waals surface area contributed by atoms with Gasteiger partial charge in [-0.25, -0.2) is 0 Å². The van der Waals surface area contributed by atoms with Crippen LogP contribution in [0.2, 0.25) is 0 Å². The van der Waals surface area contributed by atoms with Crippen LogP contribution in [-0.4, -0.2) is 0 Å². The summed E-state index contributed by atoms with van der Waals surface area (Å²) in [6, 6.07) is 54.1. The first-order valence-corrected chi connectivity index (χ1v) is 16.5. The van der Waals surface area contributed by atoms with Crippen LogP contribution in [-0.2, 0) is 5.41 Å². The van der Waals surface area contributed by atoms with Crippen molar-refractivity contribution in [3.05, 3.63) is 163 Å². The normalized spacial score (nSPS) is 13.4. The molecule has 48 heavy (non-hydrogen) atoms. The van der Waals surface area contributed by atoms with Crippen molar-refractivity contribution in [1.29, 1.82) is 0 Å². The fourth-order valence-corrected chi connectivity index (χ4v) is 7.93.